The Labute approximate surface area is 230 Å². The first-order chi connectivity index (χ1) is 17.3. The average molecular weight is 616 g/mol. The summed E-state index contributed by atoms with van der Waals surface area (Å²) in [5.41, 5.74) is 3.09. The van der Waals surface area contributed by atoms with Crippen molar-refractivity contribution in [1.82, 2.24) is 10.2 Å². The van der Waals surface area contributed by atoms with Gasteiger partial charge in [-0.25, -0.2) is 0 Å². The zero-order valence-electron chi connectivity index (χ0n) is 20.8. The van der Waals surface area contributed by atoms with Gasteiger partial charge in [-0.1, -0.05) is 78.3 Å². The van der Waals surface area contributed by atoms with Gasteiger partial charge in [-0.15, -0.1) is 0 Å². The number of amides is 2. The van der Waals surface area contributed by atoms with Crippen LogP contribution in [0.5, 0.6) is 5.75 Å². The summed E-state index contributed by atoms with van der Waals surface area (Å²) in [5, 5.41) is 2.91. The van der Waals surface area contributed by atoms with E-state index >= 15 is 0 Å². The fourth-order valence-corrected chi connectivity index (χ4v) is 4.62. The van der Waals surface area contributed by atoms with E-state index in [4.69, 9.17) is 4.74 Å². The number of ether oxygens (including phenoxy) is 1. The highest BCUT2D eigenvalue weighted by Gasteiger charge is 2.30. The second-order valence-corrected chi connectivity index (χ2v) is 10.7. The van der Waals surface area contributed by atoms with E-state index in [1.165, 1.54) is 5.56 Å². The maximum atomic E-state index is 13.6. The minimum absolute atomic E-state index is 0.180. The molecule has 0 aliphatic rings. The molecule has 0 spiro atoms. The first-order valence-corrected chi connectivity index (χ1v) is 13.6. The fraction of sp³-hybridized carbons (Fsp3) is 0.310. The number of halogens is 2. The maximum absolute atomic E-state index is 13.6. The number of hydrogen-bond donors (Lipinski definition) is 1. The third kappa shape index (κ3) is 7.93. The Morgan fingerprint density at radius 1 is 0.944 bits per heavy atom. The van der Waals surface area contributed by atoms with Gasteiger partial charge in [0.1, 0.15) is 11.8 Å². The van der Waals surface area contributed by atoms with Gasteiger partial charge < -0.3 is 15.0 Å². The number of carbonyl (C=O) groups excluding carboxylic acids is 2. The predicted octanol–water partition coefficient (Wildman–Crippen LogP) is 6.49. The lowest BCUT2D eigenvalue weighted by atomic mass is 10.0. The highest BCUT2D eigenvalue weighted by Crippen LogP contribution is 2.29. The Morgan fingerprint density at radius 3 is 2.25 bits per heavy atom. The summed E-state index contributed by atoms with van der Waals surface area (Å²) < 4.78 is 7.68. The molecule has 3 aromatic carbocycles. The summed E-state index contributed by atoms with van der Waals surface area (Å²) in [4.78, 5) is 28.4. The van der Waals surface area contributed by atoms with Gasteiger partial charge in [0.05, 0.1) is 4.47 Å². The summed E-state index contributed by atoms with van der Waals surface area (Å²) in [6.45, 7) is 6.72. The Hall–Kier alpha value is -2.64. The van der Waals surface area contributed by atoms with Crippen molar-refractivity contribution in [1.29, 1.82) is 0 Å². The second kappa shape index (κ2) is 13.6. The Morgan fingerprint density at radius 2 is 1.64 bits per heavy atom. The van der Waals surface area contributed by atoms with Gasteiger partial charge in [0.15, 0.2) is 6.61 Å². The summed E-state index contributed by atoms with van der Waals surface area (Å²) in [6.07, 6.45) is 0.404. The van der Waals surface area contributed by atoms with Crippen molar-refractivity contribution in [2.75, 3.05) is 13.2 Å². The summed E-state index contributed by atoms with van der Waals surface area (Å²) in [7, 11) is 0. The molecule has 0 bridgehead atoms. The second-order valence-electron chi connectivity index (χ2n) is 8.88. The first kappa shape index (κ1) is 27.9. The molecule has 2 amide bonds. The average Bonchev–Trinajstić information content (AvgIpc) is 2.87. The van der Waals surface area contributed by atoms with Gasteiger partial charge in [-0.2, -0.15) is 0 Å². The molecular formula is C29H32Br2N2O3. The van der Waals surface area contributed by atoms with E-state index in [0.29, 0.717) is 24.6 Å². The molecule has 0 fully saturated rings. The fourth-order valence-electron chi connectivity index (χ4n) is 3.85. The standard InChI is InChI=1S/C29H32Br2N2O3/c1-4-32-29(35)26(16-21-8-6-5-7-9-21)33(18-22-10-13-24(30)14-11-22)28(34)19-36-27-15-12-23(20(2)3)17-25(27)31/h5-15,17,20,26H,4,16,18-19H2,1-3H3,(H,32,35). The van der Waals surface area contributed by atoms with Crippen LogP contribution in [0.1, 0.15) is 43.4 Å². The minimum Gasteiger partial charge on any atom is -0.483 e. The molecule has 0 aromatic heterocycles. The van der Waals surface area contributed by atoms with Gasteiger partial charge in [-0.3, -0.25) is 9.59 Å². The molecule has 190 valence electrons. The Kier molecular flexibility index (Phi) is 10.6. The van der Waals surface area contributed by atoms with E-state index in [1.807, 2.05) is 79.7 Å². The molecule has 0 aliphatic heterocycles. The molecule has 0 heterocycles. The van der Waals surface area contributed by atoms with E-state index < -0.39 is 6.04 Å². The lowest BCUT2D eigenvalue weighted by molar-refractivity contribution is -0.142. The molecule has 0 radical (unpaired) electrons. The molecule has 0 aliphatic carbocycles. The zero-order chi connectivity index (χ0) is 26.1. The number of benzene rings is 3. The van der Waals surface area contributed by atoms with Crippen molar-refractivity contribution < 1.29 is 14.3 Å². The van der Waals surface area contributed by atoms with Crippen LogP contribution in [-0.2, 0) is 22.6 Å². The van der Waals surface area contributed by atoms with Crippen molar-refractivity contribution in [3.8, 4) is 5.75 Å². The predicted molar refractivity (Wildman–Crippen MR) is 151 cm³/mol. The number of likely N-dealkylation sites (N-methyl/N-ethyl adjacent to an activating group) is 1. The maximum Gasteiger partial charge on any atom is 0.261 e. The van der Waals surface area contributed by atoms with E-state index in [9.17, 15) is 9.59 Å². The molecule has 7 heteroatoms. The normalized spacial score (nSPS) is 11.7. The lowest BCUT2D eigenvalue weighted by Gasteiger charge is -2.31. The first-order valence-electron chi connectivity index (χ1n) is 12.1. The van der Waals surface area contributed by atoms with E-state index in [2.05, 4.69) is 51.0 Å². The SMILES string of the molecule is CCNC(=O)C(Cc1ccccc1)N(Cc1ccc(Br)cc1)C(=O)COc1ccc(C(C)C)cc1Br. The lowest BCUT2D eigenvalue weighted by Crippen LogP contribution is -2.51. The van der Waals surface area contributed by atoms with Crippen LogP contribution >= 0.6 is 31.9 Å². The van der Waals surface area contributed by atoms with Crippen LogP contribution in [0.25, 0.3) is 0 Å². The number of nitrogens with one attached hydrogen (secondary N) is 1. The number of nitrogens with zero attached hydrogens (tertiary/aromatic N) is 1. The highest BCUT2D eigenvalue weighted by molar-refractivity contribution is 9.10. The molecule has 0 saturated carbocycles. The quantitative estimate of drug-likeness (QED) is 0.268. The zero-order valence-corrected chi connectivity index (χ0v) is 24.0. The van der Waals surface area contributed by atoms with E-state index in [0.717, 1.165) is 20.1 Å². The molecule has 3 aromatic rings. The number of carbonyl (C=O) groups is 2. The van der Waals surface area contributed by atoms with Crippen LogP contribution in [0.3, 0.4) is 0 Å². The van der Waals surface area contributed by atoms with Crippen molar-refractivity contribution >= 4 is 43.7 Å². The molecule has 36 heavy (non-hydrogen) atoms. The van der Waals surface area contributed by atoms with Gasteiger partial charge in [0.25, 0.3) is 5.91 Å². The minimum atomic E-state index is -0.682. The van der Waals surface area contributed by atoms with E-state index in [1.54, 1.807) is 4.90 Å². The van der Waals surface area contributed by atoms with Gasteiger partial charge >= 0.3 is 0 Å². The topological polar surface area (TPSA) is 58.6 Å². The molecular weight excluding hydrogens is 584 g/mol. The largest absolute Gasteiger partial charge is 0.483 e. The van der Waals surface area contributed by atoms with Crippen LogP contribution in [-0.4, -0.2) is 35.9 Å². The monoisotopic (exact) mass is 614 g/mol. The highest BCUT2D eigenvalue weighted by atomic mass is 79.9. The van der Waals surface area contributed by atoms with Crippen LogP contribution in [0.15, 0.2) is 81.7 Å². The molecule has 3 rings (SSSR count). The summed E-state index contributed by atoms with van der Waals surface area (Å²) in [6, 6.07) is 22.7. The number of rotatable bonds is 11. The number of hydrogen-bond acceptors (Lipinski definition) is 3. The van der Waals surface area contributed by atoms with Crippen LogP contribution in [0.4, 0.5) is 0 Å². The molecule has 0 saturated heterocycles. The molecule has 1 unspecified atom stereocenters. The summed E-state index contributed by atoms with van der Waals surface area (Å²) in [5.74, 6) is 0.530. The third-order valence-electron chi connectivity index (χ3n) is 5.86. The Balaban J connectivity index is 1.88. The van der Waals surface area contributed by atoms with Crippen LogP contribution in [0, 0.1) is 0 Å². The van der Waals surface area contributed by atoms with Crippen molar-refractivity contribution in [3.63, 3.8) is 0 Å². The van der Waals surface area contributed by atoms with Crippen molar-refractivity contribution in [3.05, 3.63) is 98.4 Å². The van der Waals surface area contributed by atoms with Crippen molar-refractivity contribution in [2.24, 2.45) is 0 Å². The van der Waals surface area contributed by atoms with Crippen LogP contribution < -0.4 is 10.1 Å². The smallest absolute Gasteiger partial charge is 0.261 e. The molecule has 1 atom stereocenters. The van der Waals surface area contributed by atoms with Gasteiger partial charge in [0, 0.05) is 24.0 Å². The molecule has 1 N–H and O–H groups in total. The van der Waals surface area contributed by atoms with E-state index in [-0.39, 0.29) is 25.0 Å². The molecule has 5 nitrogen and oxygen atoms in total. The van der Waals surface area contributed by atoms with Gasteiger partial charge in [0.2, 0.25) is 5.91 Å². The van der Waals surface area contributed by atoms with Gasteiger partial charge in [-0.05, 0) is 69.7 Å². The third-order valence-corrected chi connectivity index (χ3v) is 7.01. The van der Waals surface area contributed by atoms with Crippen LogP contribution in [0.2, 0.25) is 0 Å². The van der Waals surface area contributed by atoms with Crippen molar-refractivity contribution in [2.45, 2.75) is 45.7 Å². The summed E-state index contributed by atoms with van der Waals surface area (Å²) >= 11 is 7.02. The Bertz CT molecular complexity index is 1150.